The van der Waals surface area contributed by atoms with E-state index < -0.39 is 18.4 Å². The Morgan fingerprint density at radius 3 is 2.32 bits per heavy atom. The predicted molar refractivity (Wildman–Crippen MR) is 120 cm³/mol. The third-order valence-electron chi connectivity index (χ3n) is 5.80. The highest BCUT2D eigenvalue weighted by atomic mass is 35.5. The number of anilines is 1. The number of hydrogen-bond acceptors (Lipinski definition) is 3. The van der Waals surface area contributed by atoms with Gasteiger partial charge in [0.05, 0.1) is 12.5 Å². The summed E-state index contributed by atoms with van der Waals surface area (Å²) in [7, 11) is 0. The van der Waals surface area contributed by atoms with Crippen molar-refractivity contribution in [3.05, 3.63) is 64.7 Å². The van der Waals surface area contributed by atoms with Crippen molar-refractivity contribution in [1.82, 2.24) is 5.32 Å². The van der Waals surface area contributed by atoms with Gasteiger partial charge in [0.15, 0.2) is 0 Å². The van der Waals surface area contributed by atoms with Crippen LogP contribution in [0.5, 0.6) is 0 Å². The van der Waals surface area contributed by atoms with E-state index in [1.54, 1.807) is 11.0 Å². The Hall–Kier alpha value is -2.86. The van der Waals surface area contributed by atoms with Gasteiger partial charge in [0, 0.05) is 17.6 Å². The van der Waals surface area contributed by atoms with Gasteiger partial charge in [0.2, 0.25) is 11.8 Å². The van der Waals surface area contributed by atoms with E-state index >= 15 is 0 Å². The molecule has 2 N–H and O–H groups in total. The molecule has 2 aromatic carbocycles. The van der Waals surface area contributed by atoms with Crippen molar-refractivity contribution in [2.24, 2.45) is 5.92 Å². The van der Waals surface area contributed by atoms with Crippen molar-refractivity contribution in [3.8, 4) is 0 Å². The summed E-state index contributed by atoms with van der Waals surface area (Å²) in [4.78, 5) is 37.6. The molecule has 6 nitrogen and oxygen atoms in total. The number of nitrogens with one attached hydrogen (secondary N) is 1. The molecular weight excluding hydrogens is 416 g/mol. The number of benzene rings is 2. The Bertz CT molecular complexity index is 939. The average molecular weight is 443 g/mol. The number of aliphatic carboxylic acids is 1. The molecule has 1 aliphatic rings. The Morgan fingerprint density at radius 1 is 1.10 bits per heavy atom. The molecular formula is C24H27ClN2O4. The molecule has 1 atom stereocenters. The van der Waals surface area contributed by atoms with Gasteiger partial charge in [-0.1, -0.05) is 54.8 Å². The summed E-state index contributed by atoms with van der Waals surface area (Å²) >= 11 is 6.26. The number of carbonyl (C=O) groups is 3. The molecule has 0 aliphatic heterocycles. The Kier molecular flexibility index (Phi) is 7.69. The maximum atomic E-state index is 12.8. The molecule has 2 aromatic rings. The van der Waals surface area contributed by atoms with Gasteiger partial charge in [-0.15, -0.1) is 0 Å². The van der Waals surface area contributed by atoms with Crippen LogP contribution in [0.3, 0.4) is 0 Å². The van der Waals surface area contributed by atoms with E-state index in [2.05, 4.69) is 5.32 Å². The summed E-state index contributed by atoms with van der Waals surface area (Å²) in [5.74, 6) is -1.65. The topological polar surface area (TPSA) is 86.7 Å². The molecule has 2 amide bonds. The highest BCUT2D eigenvalue weighted by Gasteiger charge is 2.32. The van der Waals surface area contributed by atoms with E-state index in [9.17, 15) is 14.4 Å². The lowest BCUT2D eigenvalue weighted by Crippen LogP contribution is -2.36. The lowest BCUT2D eigenvalue weighted by atomic mass is 9.84. The number of halogens is 1. The van der Waals surface area contributed by atoms with E-state index in [-0.39, 0.29) is 17.7 Å². The van der Waals surface area contributed by atoms with E-state index in [1.165, 1.54) is 6.92 Å². The molecule has 0 heterocycles. The van der Waals surface area contributed by atoms with Crippen LogP contribution in [0.25, 0.3) is 0 Å². The first-order valence-electron chi connectivity index (χ1n) is 10.5. The number of carbonyl (C=O) groups excluding carboxylic acids is 2. The summed E-state index contributed by atoms with van der Waals surface area (Å²) in [6.45, 7) is 1.46. The zero-order chi connectivity index (χ0) is 22.4. The molecule has 3 rings (SSSR count). The third kappa shape index (κ3) is 5.85. The molecule has 0 spiro atoms. The first-order valence-corrected chi connectivity index (χ1v) is 10.9. The van der Waals surface area contributed by atoms with Crippen LogP contribution in [0.15, 0.2) is 48.5 Å². The molecule has 0 bridgehead atoms. The van der Waals surface area contributed by atoms with Crippen LogP contribution < -0.4 is 10.2 Å². The highest BCUT2D eigenvalue weighted by Crippen LogP contribution is 2.38. The maximum Gasteiger partial charge on any atom is 0.322 e. The smallest absolute Gasteiger partial charge is 0.322 e. The quantitative estimate of drug-likeness (QED) is 0.635. The van der Waals surface area contributed by atoms with Crippen LogP contribution in [0, 0.1) is 5.92 Å². The van der Waals surface area contributed by atoms with Crippen LogP contribution in [0.4, 0.5) is 5.69 Å². The Balaban J connectivity index is 1.83. The van der Waals surface area contributed by atoms with Crippen LogP contribution >= 0.6 is 11.6 Å². The van der Waals surface area contributed by atoms with Gasteiger partial charge in [-0.2, -0.15) is 0 Å². The van der Waals surface area contributed by atoms with Gasteiger partial charge in [0.25, 0.3) is 0 Å². The molecule has 1 saturated carbocycles. The summed E-state index contributed by atoms with van der Waals surface area (Å²) in [6.07, 6.45) is 4.03. The SMILES string of the molecule is CC(=O)N(Cc1ccccc1Cl)c1ccc(C(C(=O)NCC(=O)O)C2CCCC2)cc1. The Morgan fingerprint density at radius 2 is 1.74 bits per heavy atom. The maximum absolute atomic E-state index is 12.8. The van der Waals surface area contributed by atoms with Crippen molar-refractivity contribution < 1.29 is 19.5 Å². The first-order chi connectivity index (χ1) is 14.9. The summed E-state index contributed by atoms with van der Waals surface area (Å²) in [5.41, 5.74) is 2.40. The van der Waals surface area contributed by atoms with Crippen molar-refractivity contribution in [3.63, 3.8) is 0 Å². The Labute approximate surface area is 187 Å². The molecule has 31 heavy (non-hydrogen) atoms. The zero-order valence-electron chi connectivity index (χ0n) is 17.5. The summed E-state index contributed by atoms with van der Waals surface area (Å²) in [5, 5.41) is 12.0. The number of carboxylic acid groups (broad SMARTS) is 1. The van der Waals surface area contributed by atoms with Gasteiger partial charge >= 0.3 is 5.97 Å². The lowest BCUT2D eigenvalue weighted by Gasteiger charge is -2.25. The van der Waals surface area contributed by atoms with Gasteiger partial charge < -0.3 is 15.3 Å². The first kappa shape index (κ1) is 22.8. The standard InChI is InChI=1S/C24H27ClN2O4/c1-16(28)27(15-19-8-4-5-9-21(19)25)20-12-10-18(11-13-20)23(17-6-2-3-7-17)24(31)26-14-22(29)30/h4-5,8-13,17,23H,2-3,6-7,14-15H2,1H3,(H,26,31)(H,29,30). The van der Waals surface area contributed by atoms with E-state index in [4.69, 9.17) is 16.7 Å². The van der Waals surface area contributed by atoms with Crippen molar-refractivity contribution in [2.45, 2.75) is 45.1 Å². The average Bonchev–Trinajstić information content (AvgIpc) is 3.26. The molecule has 0 aromatic heterocycles. The second kappa shape index (κ2) is 10.4. The van der Waals surface area contributed by atoms with E-state index in [0.717, 1.165) is 36.8 Å². The number of rotatable bonds is 8. The fraction of sp³-hybridized carbons (Fsp3) is 0.375. The number of nitrogens with zero attached hydrogens (tertiary/aromatic N) is 1. The minimum Gasteiger partial charge on any atom is -0.480 e. The molecule has 0 saturated heterocycles. The molecule has 1 aliphatic carbocycles. The van der Waals surface area contributed by atoms with Crippen LogP contribution in [-0.4, -0.2) is 29.4 Å². The minimum atomic E-state index is -1.06. The fourth-order valence-corrected chi connectivity index (χ4v) is 4.44. The number of hydrogen-bond donors (Lipinski definition) is 2. The van der Waals surface area contributed by atoms with E-state index in [1.807, 2.05) is 42.5 Å². The van der Waals surface area contributed by atoms with Gasteiger partial charge in [-0.3, -0.25) is 14.4 Å². The fourth-order valence-electron chi connectivity index (χ4n) is 4.24. The van der Waals surface area contributed by atoms with Gasteiger partial charge in [-0.25, -0.2) is 0 Å². The minimum absolute atomic E-state index is 0.112. The molecule has 164 valence electrons. The molecule has 7 heteroatoms. The van der Waals surface area contributed by atoms with Crippen LogP contribution in [0.2, 0.25) is 5.02 Å². The van der Waals surface area contributed by atoms with Gasteiger partial charge in [-0.05, 0) is 48.1 Å². The monoisotopic (exact) mass is 442 g/mol. The normalized spacial score (nSPS) is 14.8. The van der Waals surface area contributed by atoms with Crippen LogP contribution in [0.1, 0.15) is 49.7 Å². The van der Waals surface area contributed by atoms with Crippen molar-refractivity contribution in [1.29, 1.82) is 0 Å². The second-order valence-electron chi connectivity index (χ2n) is 7.92. The second-order valence-corrected chi connectivity index (χ2v) is 8.33. The summed E-state index contributed by atoms with van der Waals surface area (Å²) in [6, 6.07) is 14.8. The highest BCUT2D eigenvalue weighted by molar-refractivity contribution is 6.31. The van der Waals surface area contributed by atoms with Gasteiger partial charge in [0.1, 0.15) is 6.54 Å². The van der Waals surface area contributed by atoms with Crippen molar-refractivity contribution >= 4 is 35.1 Å². The van der Waals surface area contributed by atoms with Crippen LogP contribution in [-0.2, 0) is 20.9 Å². The number of carboxylic acids is 1. The molecule has 1 fully saturated rings. The largest absolute Gasteiger partial charge is 0.480 e. The third-order valence-corrected chi connectivity index (χ3v) is 6.17. The summed E-state index contributed by atoms with van der Waals surface area (Å²) < 4.78 is 0. The predicted octanol–water partition coefficient (Wildman–Crippen LogP) is 4.37. The molecule has 0 radical (unpaired) electrons. The van der Waals surface area contributed by atoms with Crippen molar-refractivity contribution in [2.75, 3.05) is 11.4 Å². The zero-order valence-corrected chi connectivity index (χ0v) is 18.3. The van der Waals surface area contributed by atoms with E-state index in [0.29, 0.717) is 17.3 Å². The molecule has 1 unspecified atom stereocenters. The lowest BCUT2D eigenvalue weighted by molar-refractivity contribution is -0.138. The number of amides is 2.